The molecule has 34 heavy (non-hydrogen) atoms. The van der Waals surface area contributed by atoms with Gasteiger partial charge in [0.15, 0.2) is 0 Å². The maximum absolute atomic E-state index is 13.7. The van der Waals surface area contributed by atoms with Gasteiger partial charge in [0.2, 0.25) is 11.8 Å². The van der Waals surface area contributed by atoms with Crippen LogP contribution in [0.1, 0.15) is 41.6 Å². The van der Waals surface area contributed by atoms with Gasteiger partial charge in [0.05, 0.1) is 6.61 Å². The van der Waals surface area contributed by atoms with E-state index in [0.29, 0.717) is 38.0 Å². The highest BCUT2D eigenvalue weighted by molar-refractivity contribution is 5.98. The summed E-state index contributed by atoms with van der Waals surface area (Å²) in [5, 5.41) is 0. The fraction of sp³-hybridized carbons (Fsp3) is 0.444. The molecule has 7 nitrogen and oxygen atoms in total. The molecule has 7 heteroatoms. The van der Waals surface area contributed by atoms with Crippen LogP contribution in [0.25, 0.3) is 0 Å². The first kappa shape index (κ1) is 22.6. The lowest BCUT2D eigenvalue weighted by molar-refractivity contribution is -0.146. The number of benzene rings is 2. The molecule has 2 heterocycles. The van der Waals surface area contributed by atoms with Crippen molar-refractivity contribution in [3.63, 3.8) is 0 Å². The summed E-state index contributed by atoms with van der Waals surface area (Å²) in [6, 6.07) is 18.2. The number of ether oxygens (including phenoxy) is 1. The van der Waals surface area contributed by atoms with Gasteiger partial charge in [0, 0.05) is 51.0 Å². The number of carbonyl (C=O) groups excluding carboxylic acids is 3. The first-order valence-corrected chi connectivity index (χ1v) is 12.1. The maximum atomic E-state index is 13.7. The molecule has 0 aromatic heterocycles. The number of hydrogen-bond acceptors (Lipinski definition) is 4. The molecule has 2 aromatic rings. The summed E-state index contributed by atoms with van der Waals surface area (Å²) in [5.74, 6) is 0.0404. The summed E-state index contributed by atoms with van der Waals surface area (Å²) in [6.45, 7) is 1.69. The third kappa shape index (κ3) is 4.32. The van der Waals surface area contributed by atoms with E-state index in [-0.39, 0.29) is 30.2 Å². The molecule has 1 spiro atoms. The van der Waals surface area contributed by atoms with Crippen LogP contribution in [0.4, 0.5) is 0 Å². The number of piperidine rings is 1. The van der Waals surface area contributed by atoms with Gasteiger partial charge in [-0.1, -0.05) is 48.5 Å². The third-order valence-corrected chi connectivity index (χ3v) is 7.21. The SMILES string of the molecule is CN(Cc1ccccc1)C(=O)C1COC2(CCN(C(=O)C3CC3)CC2)N1C(=O)c1ccccc1. The normalized spacial score (nSPS) is 21.5. The number of likely N-dealkylation sites (tertiary alicyclic amines) is 1. The zero-order valence-corrected chi connectivity index (χ0v) is 19.6. The van der Waals surface area contributed by atoms with Crippen LogP contribution >= 0.6 is 0 Å². The second-order valence-electron chi connectivity index (χ2n) is 9.59. The van der Waals surface area contributed by atoms with Crippen molar-refractivity contribution in [2.24, 2.45) is 5.92 Å². The molecule has 1 atom stereocenters. The molecule has 1 saturated carbocycles. The van der Waals surface area contributed by atoms with E-state index in [2.05, 4.69) is 0 Å². The van der Waals surface area contributed by atoms with Gasteiger partial charge in [0.25, 0.3) is 5.91 Å². The van der Waals surface area contributed by atoms with Gasteiger partial charge in [-0.3, -0.25) is 19.3 Å². The van der Waals surface area contributed by atoms with Crippen LogP contribution in [0.15, 0.2) is 60.7 Å². The number of likely N-dealkylation sites (N-methyl/N-ethyl adjacent to an activating group) is 1. The van der Waals surface area contributed by atoms with Crippen LogP contribution in [0.3, 0.4) is 0 Å². The Morgan fingerprint density at radius 2 is 1.59 bits per heavy atom. The van der Waals surface area contributed by atoms with Gasteiger partial charge < -0.3 is 14.5 Å². The minimum absolute atomic E-state index is 0.138. The summed E-state index contributed by atoms with van der Waals surface area (Å²) in [7, 11) is 1.77. The molecule has 5 rings (SSSR count). The molecule has 1 aliphatic carbocycles. The molecule has 0 radical (unpaired) electrons. The summed E-state index contributed by atoms with van der Waals surface area (Å²) < 4.78 is 6.29. The zero-order valence-electron chi connectivity index (χ0n) is 19.6. The Morgan fingerprint density at radius 1 is 0.971 bits per heavy atom. The number of hydrogen-bond donors (Lipinski definition) is 0. The van der Waals surface area contributed by atoms with Gasteiger partial charge >= 0.3 is 0 Å². The Morgan fingerprint density at radius 3 is 2.21 bits per heavy atom. The number of rotatable bonds is 5. The summed E-state index contributed by atoms with van der Waals surface area (Å²) in [4.78, 5) is 45.1. The van der Waals surface area contributed by atoms with Crippen molar-refractivity contribution >= 4 is 17.7 Å². The highest BCUT2D eigenvalue weighted by Crippen LogP contribution is 2.40. The van der Waals surface area contributed by atoms with Crippen LogP contribution in [0, 0.1) is 5.92 Å². The Kier molecular flexibility index (Phi) is 6.13. The van der Waals surface area contributed by atoms with E-state index in [4.69, 9.17) is 4.74 Å². The van der Waals surface area contributed by atoms with Crippen molar-refractivity contribution in [3.05, 3.63) is 71.8 Å². The molecular weight excluding hydrogens is 430 g/mol. The average Bonchev–Trinajstić information content (AvgIpc) is 3.67. The topological polar surface area (TPSA) is 70.2 Å². The minimum Gasteiger partial charge on any atom is -0.353 e. The second-order valence-corrected chi connectivity index (χ2v) is 9.59. The fourth-order valence-corrected chi connectivity index (χ4v) is 5.13. The van der Waals surface area contributed by atoms with Crippen LogP contribution < -0.4 is 0 Å². The second kappa shape index (κ2) is 9.22. The van der Waals surface area contributed by atoms with Crippen molar-refractivity contribution in [1.82, 2.24) is 14.7 Å². The van der Waals surface area contributed by atoms with Gasteiger partial charge in [-0.2, -0.15) is 0 Å². The lowest BCUT2D eigenvalue weighted by atomic mass is 9.96. The Bertz CT molecular complexity index is 1050. The van der Waals surface area contributed by atoms with E-state index < -0.39 is 11.8 Å². The molecule has 2 aromatic carbocycles. The maximum Gasteiger partial charge on any atom is 0.256 e. The molecular formula is C27H31N3O4. The van der Waals surface area contributed by atoms with Gasteiger partial charge in [-0.25, -0.2) is 0 Å². The Hall–Kier alpha value is -3.19. The molecule has 3 fully saturated rings. The van der Waals surface area contributed by atoms with E-state index in [1.54, 1.807) is 29.0 Å². The number of carbonyl (C=O) groups is 3. The monoisotopic (exact) mass is 461 g/mol. The lowest BCUT2D eigenvalue weighted by Crippen LogP contribution is -2.60. The third-order valence-electron chi connectivity index (χ3n) is 7.21. The van der Waals surface area contributed by atoms with E-state index >= 15 is 0 Å². The minimum atomic E-state index is -0.874. The molecule has 0 bridgehead atoms. The summed E-state index contributed by atoms with van der Waals surface area (Å²) in [6.07, 6.45) is 2.96. The molecule has 2 saturated heterocycles. The van der Waals surface area contributed by atoms with E-state index in [1.165, 1.54) is 0 Å². The van der Waals surface area contributed by atoms with Crippen molar-refractivity contribution in [2.45, 2.75) is 44.0 Å². The predicted octanol–water partition coefficient (Wildman–Crippen LogP) is 2.91. The molecule has 178 valence electrons. The Labute approximate surface area is 200 Å². The van der Waals surface area contributed by atoms with Gasteiger partial charge in [0.1, 0.15) is 11.8 Å². The van der Waals surface area contributed by atoms with Crippen LogP contribution in [0.5, 0.6) is 0 Å². The van der Waals surface area contributed by atoms with Crippen LogP contribution in [0.2, 0.25) is 0 Å². The highest BCUT2D eigenvalue weighted by Gasteiger charge is 2.55. The van der Waals surface area contributed by atoms with Crippen molar-refractivity contribution in [1.29, 1.82) is 0 Å². The summed E-state index contributed by atoms with van der Waals surface area (Å²) >= 11 is 0. The average molecular weight is 462 g/mol. The van der Waals surface area contributed by atoms with E-state index in [9.17, 15) is 14.4 Å². The fourth-order valence-electron chi connectivity index (χ4n) is 5.13. The van der Waals surface area contributed by atoms with E-state index in [1.807, 2.05) is 53.4 Å². The van der Waals surface area contributed by atoms with Gasteiger partial charge in [-0.15, -0.1) is 0 Å². The highest BCUT2D eigenvalue weighted by atomic mass is 16.5. The van der Waals surface area contributed by atoms with Crippen molar-refractivity contribution < 1.29 is 19.1 Å². The molecule has 0 N–H and O–H groups in total. The van der Waals surface area contributed by atoms with Crippen LogP contribution in [-0.4, -0.2) is 70.9 Å². The quantitative estimate of drug-likeness (QED) is 0.687. The van der Waals surface area contributed by atoms with Crippen molar-refractivity contribution in [2.75, 3.05) is 26.7 Å². The molecule has 3 aliphatic rings. The smallest absolute Gasteiger partial charge is 0.256 e. The number of nitrogens with zero attached hydrogens (tertiary/aromatic N) is 3. The zero-order chi connectivity index (χ0) is 23.7. The summed E-state index contributed by atoms with van der Waals surface area (Å²) in [5.41, 5.74) is 0.688. The van der Waals surface area contributed by atoms with Crippen LogP contribution in [-0.2, 0) is 20.9 Å². The first-order valence-electron chi connectivity index (χ1n) is 12.1. The first-order chi connectivity index (χ1) is 16.5. The Balaban J connectivity index is 1.38. The lowest BCUT2D eigenvalue weighted by Gasteiger charge is -2.45. The molecule has 1 unspecified atom stereocenters. The van der Waals surface area contributed by atoms with Crippen molar-refractivity contribution in [3.8, 4) is 0 Å². The molecule has 3 amide bonds. The number of amides is 3. The largest absolute Gasteiger partial charge is 0.353 e. The van der Waals surface area contributed by atoms with E-state index in [0.717, 1.165) is 18.4 Å². The molecule has 2 aliphatic heterocycles. The predicted molar refractivity (Wildman–Crippen MR) is 127 cm³/mol. The van der Waals surface area contributed by atoms with Gasteiger partial charge in [-0.05, 0) is 30.5 Å². The standard InChI is InChI=1S/C27H31N3O4/c1-28(18-20-8-4-2-5-9-20)26(33)23-19-34-27(30(23)25(32)21-10-6-3-7-11-21)14-16-29(17-15-27)24(31)22-12-13-22/h2-11,22-23H,12-19H2,1H3.